The van der Waals surface area contributed by atoms with Crippen LogP contribution in [0.25, 0.3) is 10.2 Å². The standard InChI is InChI=1S/C24H23N3OS/c1-17(24(28)27(2)20-8-4-3-5-9-20)25-19-14-12-18(13-15-19)16-23-26-21-10-6-7-11-22(21)29-23/h3-15,17,25H,16H2,1-2H3/t17-/m0/s1. The van der Waals surface area contributed by atoms with Gasteiger partial charge in [-0.25, -0.2) is 4.98 Å². The predicted octanol–water partition coefficient (Wildman–Crippen LogP) is 5.35. The maximum absolute atomic E-state index is 12.7. The Balaban J connectivity index is 1.39. The Bertz CT molecular complexity index is 1070. The molecule has 0 fully saturated rings. The van der Waals surface area contributed by atoms with E-state index in [1.807, 2.05) is 67.6 Å². The largest absolute Gasteiger partial charge is 0.374 e. The normalized spacial score (nSPS) is 11.9. The molecular weight excluding hydrogens is 378 g/mol. The fraction of sp³-hybridized carbons (Fsp3) is 0.167. The molecule has 4 aromatic rings. The zero-order chi connectivity index (χ0) is 20.2. The number of aromatic nitrogens is 1. The lowest BCUT2D eigenvalue weighted by atomic mass is 10.1. The molecule has 3 aromatic carbocycles. The number of hydrogen-bond donors (Lipinski definition) is 1. The van der Waals surface area contributed by atoms with E-state index in [9.17, 15) is 4.79 Å². The van der Waals surface area contributed by atoms with Gasteiger partial charge in [-0.05, 0) is 48.9 Å². The number of hydrogen-bond acceptors (Lipinski definition) is 4. The number of carbonyl (C=O) groups excluding carboxylic acids is 1. The van der Waals surface area contributed by atoms with Crippen molar-refractivity contribution < 1.29 is 4.79 Å². The quantitative estimate of drug-likeness (QED) is 0.474. The van der Waals surface area contributed by atoms with Gasteiger partial charge in [-0.1, -0.05) is 42.5 Å². The van der Waals surface area contributed by atoms with Gasteiger partial charge in [0.25, 0.3) is 0 Å². The molecule has 1 atom stereocenters. The minimum Gasteiger partial charge on any atom is -0.374 e. The van der Waals surface area contributed by atoms with Crippen LogP contribution in [-0.4, -0.2) is 24.0 Å². The second kappa shape index (κ2) is 8.45. The maximum Gasteiger partial charge on any atom is 0.248 e. The van der Waals surface area contributed by atoms with Crippen molar-refractivity contribution in [1.82, 2.24) is 4.98 Å². The topological polar surface area (TPSA) is 45.2 Å². The van der Waals surface area contributed by atoms with Crippen molar-refractivity contribution in [1.29, 1.82) is 0 Å². The molecule has 1 N–H and O–H groups in total. The van der Waals surface area contributed by atoms with E-state index in [2.05, 4.69) is 23.5 Å². The highest BCUT2D eigenvalue weighted by atomic mass is 32.1. The lowest BCUT2D eigenvalue weighted by Crippen LogP contribution is -2.39. The number of carbonyl (C=O) groups is 1. The van der Waals surface area contributed by atoms with Gasteiger partial charge in [0.2, 0.25) is 5.91 Å². The Morgan fingerprint density at radius 1 is 1.00 bits per heavy atom. The molecule has 0 aliphatic heterocycles. The van der Waals surface area contributed by atoms with Gasteiger partial charge < -0.3 is 10.2 Å². The van der Waals surface area contributed by atoms with Gasteiger partial charge in [-0.15, -0.1) is 11.3 Å². The highest BCUT2D eigenvalue weighted by Crippen LogP contribution is 2.24. The van der Waals surface area contributed by atoms with Crippen LogP contribution in [0.4, 0.5) is 11.4 Å². The number of anilines is 2. The van der Waals surface area contributed by atoms with Crippen LogP contribution in [0.5, 0.6) is 0 Å². The van der Waals surface area contributed by atoms with Crippen LogP contribution in [0, 0.1) is 0 Å². The van der Waals surface area contributed by atoms with E-state index in [4.69, 9.17) is 4.98 Å². The summed E-state index contributed by atoms with van der Waals surface area (Å²) >= 11 is 1.74. The second-order valence-corrected chi connectivity index (χ2v) is 8.16. The zero-order valence-electron chi connectivity index (χ0n) is 16.5. The van der Waals surface area contributed by atoms with E-state index in [1.165, 1.54) is 10.3 Å². The van der Waals surface area contributed by atoms with E-state index < -0.39 is 0 Å². The highest BCUT2D eigenvalue weighted by molar-refractivity contribution is 7.18. The molecule has 0 bridgehead atoms. The lowest BCUT2D eigenvalue weighted by Gasteiger charge is -2.23. The lowest BCUT2D eigenvalue weighted by molar-refractivity contribution is -0.118. The molecular formula is C24H23N3OS. The molecule has 0 radical (unpaired) electrons. The van der Waals surface area contributed by atoms with Crippen LogP contribution < -0.4 is 10.2 Å². The minimum atomic E-state index is -0.324. The molecule has 4 nitrogen and oxygen atoms in total. The molecule has 1 amide bonds. The molecule has 1 heterocycles. The number of rotatable bonds is 6. The van der Waals surface area contributed by atoms with Crippen molar-refractivity contribution >= 4 is 38.8 Å². The van der Waals surface area contributed by atoms with Crippen LogP contribution >= 0.6 is 11.3 Å². The first kappa shape index (κ1) is 19.2. The predicted molar refractivity (Wildman–Crippen MR) is 122 cm³/mol. The Labute approximate surface area is 174 Å². The molecule has 0 saturated heterocycles. The maximum atomic E-state index is 12.7. The summed E-state index contributed by atoms with van der Waals surface area (Å²) in [5.41, 5.74) is 4.08. The van der Waals surface area contributed by atoms with Crippen LogP contribution in [-0.2, 0) is 11.2 Å². The second-order valence-electron chi connectivity index (χ2n) is 7.05. The Kier molecular flexibility index (Phi) is 5.58. The van der Waals surface area contributed by atoms with Crippen molar-refractivity contribution in [2.45, 2.75) is 19.4 Å². The summed E-state index contributed by atoms with van der Waals surface area (Å²) in [4.78, 5) is 19.1. The number of likely N-dealkylation sites (N-methyl/N-ethyl adjacent to an activating group) is 1. The van der Waals surface area contributed by atoms with Crippen LogP contribution in [0.1, 0.15) is 17.5 Å². The van der Waals surface area contributed by atoms with Crippen molar-refractivity contribution in [3.05, 3.63) is 89.4 Å². The molecule has 1 aromatic heterocycles. The summed E-state index contributed by atoms with van der Waals surface area (Å²) in [7, 11) is 1.80. The van der Waals surface area contributed by atoms with E-state index in [1.54, 1.807) is 23.3 Å². The Hall–Kier alpha value is -3.18. The van der Waals surface area contributed by atoms with Crippen molar-refractivity contribution in [2.75, 3.05) is 17.3 Å². The molecule has 146 valence electrons. The summed E-state index contributed by atoms with van der Waals surface area (Å²) in [5.74, 6) is 0.0229. The van der Waals surface area contributed by atoms with E-state index in [0.29, 0.717) is 0 Å². The van der Waals surface area contributed by atoms with Crippen molar-refractivity contribution in [3.8, 4) is 0 Å². The molecule has 0 unspecified atom stereocenters. The molecule has 29 heavy (non-hydrogen) atoms. The van der Waals surface area contributed by atoms with Crippen molar-refractivity contribution in [3.63, 3.8) is 0 Å². The molecule has 4 rings (SSSR count). The summed E-state index contributed by atoms with van der Waals surface area (Å²) in [5, 5.41) is 4.41. The monoisotopic (exact) mass is 401 g/mol. The van der Waals surface area contributed by atoms with Crippen LogP contribution in [0.15, 0.2) is 78.9 Å². The summed E-state index contributed by atoms with van der Waals surface area (Å²) < 4.78 is 1.22. The number of thiazole rings is 1. The third-order valence-corrected chi connectivity index (χ3v) is 5.91. The van der Waals surface area contributed by atoms with E-state index in [-0.39, 0.29) is 11.9 Å². The summed E-state index contributed by atoms with van der Waals surface area (Å²) in [6.07, 6.45) is 0.810. The smallest absolute Gasteiger partial charge is 0.248 e. The number of nitrogens with one attached hydrogen (secondary N) is 1. The van der Waals surface area contributed by atoms with E-state index in [0.717, 1.165) is 28.3 Å². The first-order chi connectivity index (χ1) is 14.1. The molecule has 0 saturated carbocycles. The number of benzene rings is 3. The fourth-order valence-electron chi connectivity index (χ4n) is 3.27. The minimum absolute atomic E-state index is 0.0229. The molecule has 0 spiro atoms. The van der Waals surface area contributed by atoms with Crippen LogP contribution in [0.2, 0.25) is 0 Å². The van der Waals surface area contributed by atoms with Gasteiger partial charge in [0, 0.05) is 24.8 Å². The fourth-order valence-corrected chi connectivity index (χ4v) is 4.27. The van der Waals surface area contributed by atoms with Gasteiger partial charge in [0.05, 0.1) is 15.2 Å². The van der Waals surface area contributed by atoms with Crippen LogP contribution in [0.3, 0.4) is 0 Å². The SMILES string of the molecule is C[C@H](Nc1ccc(Cc2nc3ccccc3s2)cc1)C(=O)N(C)c1ccccc1. The van der Waals surface area contributed by atoms with Gasteiger partial charge in [0.15, 0.2) is 0 Å². The molecule has 0 aliphatic rings. The number of fused-ring (bicyclic) bond motifs is 1. The van der Waals surface area contributed by atoms with Gasteiger partial charge in [-0.3, -0.25) is 4.79 Å². The molecule has 5 heteroatoms. The average Bonchev–Trinajstić information content (AvgIpc) is 3.17. The van der Waals surface area contributed by atoms with Gasteiger partial charge in [-0.2, -0.15) is 0 Å². The van der Waals surface area contributed by atoms with Crippen molar-refractivity contribution in [2.24, 2.45) is 0 Å². The first-order valence-electron chi connectivity index (χ1n) is 9.63. The highest BCUT2D eigenvalue weighted by Gasteiger charge is 2.18. The summed E-state index contributed by atoms with van der Waals surface area (Å²) in [6.45, 7) is 1.89. The number of nitrogens with zero attached hydrogens (tertiary/aromatic N) is 2. The average molecular weight is 402 g/mol. The summed E-state index contributed by atoms with van der Waals surface area (Å²) in [6, 6.07) is 25.8. The van der Waals surface area contributed by atoms with Gasteiger partial charge in [0.1, 0.15) is 6.04 Å². The molecule has 0 aliphatic carbocycles. The number of amides is 1. The van der Waals surface area contributed by atoms with E-state index >= 15 is 0 Å². The third kappa shape index (κ3) is 4.46. The Morgan fingerprint density at radius 2 is 1.69 bits per heavy atom. The zero-order valence-corrected chi connectivity index (χ0v) is 17.3. The van der Waals surface area contributed by atoms with Gasteiger partial charge >= 0.3 is 0 Å². The third-order valence-electron chi connectivity index (χ3n) is 4.88. The first-order valence-corrected chi connectivity index (χ1v) is 10.4. The Morgan fingerprint density at radius 3 is 2.41 bits per heavy atom. The number of para-hydroxylation sites is 2.